The Balaban J connectivity index is 1.68. The van der Waals surface area contributed by atoms with E-state index in [1.165, 1.54) is 6.92 Å². The molecule has 1 heterocycles. The van der Waals surface area contributed by atoms with Crippen LogP contribution in [0, 0.1) is 0 Å². The van der Waals surface area contributed by atoms with Gasteiger partial charge < -0.3 is 14.5 Å². The first-order chi connectivity index (χ1) is 13.5. The van der Waals surface area contributed by atoms with E-state index in [0.29, 0.717) is 5.75 Å². The van der Waals surface area contributed by atoms with Crippen LogP contribution in [0.2, 0.25) is 0 Å². The second-order valence-corrected chi connectivity index (χ2v) is 7.16. The van der Waals surface area contributed by atoms with E-state index in [1.807, 2.05) is 54.6 Å². The summed E-state index contributed by atoms with van der Waals surface area (Å²) in [6.07, 6.45) is 0. The molecular formula is C22H27N3O3. The second-order valence-electron chi connectivity index (χ2n) is 7.16. The third kappa shape index (κ3) is 4.70. The molecule has 0 bridgehead atoms. The van der Waals surface area contributed by atoms with Crippen LogP contribution in [0.25, 0.3) is 0 Å². The predicted molar refractivity (Wildman–Crippen MR) is 109 cm³/mol. The molecule has 0 spiro atoms. The van der Waals surface area contributed by atoms with E-state index in [9.17, 15) is 9.59 Å². The molecule has 0 saturated carbocycles. The number of ether oxygens (including phenoxy) is 1. The van der Waals surface area contributed by atoms with Gasteiger partial charge in [0.2, 0.25) is 5.91 Å². The van der Waals surface area contributed by atoms with E-state index in [4.69, 9.17) is 4.74 Å². The van der Waals surface area contributed by atoms with E-state index in [1.54, 1.807) is 19.0 Å². The second kappa shape index (κ2) is 8.89. The maximum absolute atomic E-state index is 12.8. The molecule has 0 N–H and O–H groups in total. The van der Waals surface area contributed by atoms with E-state index in [-0.39, 0.29) is 17.9 Å². The highest BCUT2D eigenvalue weighted by Crippen LogP contribution is 2.26. The lowest BCUT2D eigenvalue weighted by molar-refractivity contribution is -0.135. The van der Waals surface area contributed by atoms with Gasteiger partial charge in [-0.05, 0) is 29.8 Å². The van der Waals surface area contributed by atoms with Crippen LogP contribution in [-0.4, -0.2) is 62.0 Å². The zero-order valence-corrected chi connectivity index (χ0v) is 16.7. The quantitative estimate of drug-likeness (QED) is 0.589. The normalized spacial score (nSPS) is 15.8. The molecule has 1 amide bonds. The van der Waals surface area contributed by atoms with Crippen LogP contribution in [0.15, 0.2) is 54.6 Å². The highest BCUT2D eigenvalue weighted by molar-refractivity contribution is 5.83. The molecule has 2 aromatic carbocycles. The number of hydrogen-bond donors (Lipinski definition) is 0. The summed E-state index contributed by atoms with van der Waals surface area (Å²) in [5, 5.41) is 0. The van der Waals surface area contributed by atoms with Crippen molar-refractivity contribution < 1.29 is 14.3 Å². The largest absolute Gasteiger partial charge is 0.427 e. The average Bonchev–Trinajstić information content (AvgIpc) is 2.69. The molecule has 0 aromatic heterocycles. The van der Waals surface area contributed by atoms with Crippen molar-refractivity contribution in [2.45, 2.75) is 13.0 Å². The molecule has 1 aliphatic rings. The molecule has 1 unspecified atom stereocenters. The van der Waals surface area contributed by atoms with Crippen molar-refractivity contribution in [2.75, 3.05) is 45.2 Å². The molecule has 28 heavy (non-hydrogen) atoms. The van der Waals surface area contributed by atoms with Crippen LogP contribution in [0.3, 0.4) is 0 Å². The van der Waals surface area contributed by atoms with Gasteiger partial charge in [-0.25, -0.2) is 0 Å². The molecule has 0 aliphatic carbocycles. The Kier molecular flexibility index (Phi) is 6.31. The molecule has 148 valence electrons. The molecule has 3 rings (SSSR count). The average molecular weight is 381 g/mol. The lowest BCUT2D eigenvalue weighted by Gasteiger charge is -2.40. The zero-order valence-electron chi connectivity index (χ0n) is 16.7. The maximum Gasteiger partial charge on any atom is 0.308 e. The number of carbonyl (C=O) groups is 2. The number of esters is 1. The number of carbonyl (C=O) groups excluding carboxylic acids is 2. The van der Waals surface area contributed by atoms with Crippen molar-refractivity contribution in [1.29, 1.82) is 0 Å². The first-order valence-electron chi connectivity index (χ1n) is 9.49. The molecule has 1 aliphatic heterocycles. The number of rotatable bonds is 5. The lowest BCUT2D eigenvalue weighted by atomic mass is 10.0. The minimum absolute atomic E-state index is 0.102. The van der Waals surface area contributed by atoms with Crippen molar-refractivity contribution in [1.82, 2.24) is 9.80 Å². The van der Waals surface area contributed by atoms with Gasteiger partial charge in [0.25, 0.3) is 0 Å². The van der Waals surface area contributed by atoms with Crippen LogP contribution in [0.5, 0.6) is 5.75 Å². The fraction of sp³-hybridized carbons (Fsp3) is 0.364. The summed E-state index contributed by atoms with van der Waals surface area (Å²) in [7, 11) is 3.61. The number of likely N-dealkylation sites (N-methyl/N-ethyl adjacent to an activating group) is 1. The Morgan fingerprint density at radius 1 is 0.929 bits per heavy atom. The number of piperazine rings is 1. The summed E-state index contributed by atoms with van der Waals surface area (Å²) in [4.78, 5) is 30.1. The summed E-state index contributed by atoms with van der Waals surface area (Å²) >= 11 is 0. The summed E-state index contributed by atoms with van der Waals surface area (Å²) in [5.74, 6) is 0.333. The molecule has 1 saturated heterocycles. The predicted octanol–water partition coefficient (Wildman–Crippen LogP) is 2.56. The minimum atomic E-state index is -0.320. The van der Waals surface area contributed by atoms with Crippen LogP contribution in [-0.2, 0) is 9.59 Å². The lowest BCUT2D eigenvalue weighted by Crippen LogP contribution is -2.51. The Hall–Kier alpha value is -2.86. The van der Waals surface area contributed by atoms with Gasteiger partial charge in [0.1, 0.15) is 11.8 Å². The van der Waals surface area contributed by atoms with Crippen molar-refractivity contribution in [3.63, 3.8) is 0 Å². The Bertz CT molecular complexity index is 798. The molecular weight excluding hydrogens is 354 g/mol. The molecule has 1 atom stereocenters. The van der Waals surface area contributed by atoms with Gasteiger partial charge in [-0.1, -0.05) is 30.3 Å². The van der Waals surface area contributed by atoms with Gasteiger partial charge in [-0.2, -0.15) is 0 Å². The fourth-order valence-corrected chi connectivity index (χ4v) is 3.52. The molecule has 2 aromatic rings. The third-order valence-corrected chi connectivity index (χ3v) is 4.93. The van der Waals surface area contributed by atoms with Gasteiger partial charge in [-0.3, -0.25) is 14.5 Å². The monoisotopic (exact) mass is 381 g/mol. The van der Waals surface area contributed by atoms with Crippen molar-refractivity contribution in [2.24, 2.45) is 0 Å². The fourth-order valence-electron chi connectivity index (χ4n) is 3.52. The smallest absolute Gasteiger partial charge is 0.308 e. The number of amides is 1. The summed E-state index contributed by atoms with van der Waals surface area (Å²) in [6, 6.07) is 17.3. The maximum atomic E-state index is 12.8. The number of nitrogens with zero attached hydrogens (tertiary/aromatic N) is 3. The van der Waals surface area contributed by atoms with Gasteiger partial charge in [0.15, 0.2) is 0 Å². The van der Waals surface area contributed by atoms with Crippen LogP contribution in [0.1, 0.15) is 18.5 Å². The summed E-state index contributed by atoms with van der Waals surface area (Å²) < 4.78 is 5.09. The van der Waals surface area contributed by atoms with E-state index < -0.39 is 0 Å². The number of benzene rings is 2. The Morgan fingerprint density at radius 3 is 2.07 bits per heavy atom. The molecule has 6 nitrogen and oxygen atoms in total. The third-order valence-electron chi connectivity index (χ3n) is 4.93. The molecule has 1 fully saturated rings. The molecule has 6 heteroatoms. The van der Waals surface area contributed by atoms with Crippen molar-refractivity contribution >= 4 is 17.6 Å². The standard InChI is InChI=1S/C22H27N3O3/c1-17(26)28-20-11-9-19(10-12-20)24-13-15-25(16-14-24)21(22(27)23(2)3)18-7-5-4-6-8-18/h4-12,21H,13-16H2,1-3H3. The van der Waals surface area contributed by atoms with Gasteiger partial charge in [0, 0.05) is 52.9 Å². The van der Waals surface area contributed by atoms with Crippen molar-refractivity contribution in [3.05, 3.63) is 60.2 Å². The minimum Gasteiger partial charge on any atom is -0.427 e. The first-order valence-corrected chi connectivity index (χ1v) is 9.49. The highest BCUT2D eigenvalue weighted by Gasteiger charge is 2.31. The highest BCUT2D eigenvalue weighted by atomic mass is 16.5. The van der Waals surface area contributed by atoms with Gasteiger partial charge in [-0.15, -0.1) is 0 Å². The van der Waals surface area contributed by atoms with E-state index >= 15 is 0 Å². The number of hydrogen-bond acceptors (Lipinski definition) is 5. The number of anilines is 1. The van der Waals surface area contributed by atoms with E-state index in [0.717, 1.165) is 37.4 Å². The van der Waals surface area contributed by atoms with Crippen LogP contribution < -0.4 is 9.64 Å². The SMILES string of the molecule is CC(=O)Oc1ccc(N2CCN(C(C(=O)N(C)C)c3ccccc3)CC2)cc1. The van der Waals surface area contributed by atoms with Crippen molar-refractivity contribution in [3.8, 4) is 5.75 Å². The van der Waals surface area contributed by atoms with Crippen LogP contribution >= 0.6 is 0 Å². The topological polar surface area (TPSA) is 53.1 Å². The Labute approximate surface area is 166 Å². The zero-order chi connectivity index (χ0) is 20.1. The first kappa shape index (κ1) is 19.9. The summed E-state index contributed by atoms with van der Waals surface area (Å²) in [6.45, 7) is 4.65. The Morgan fingerprint density at radius 2 is 1.54 bits per heavy atom. The van der Waals surface area contributed by atoms with Gasteiger partial charge >= 0.3 is 5.97 Å². The van der Waals surface area contributed by atoms with E-state index in [2.05, 4.69) is 9.80 Å². The van der Waals surface area contributed by atoms with Gasteiger partial charge in [0.05, 0.1) is 0 Å². The molecule has 0 radical (unpaired) electrons. The summed E-state index contributed by atoms with van der Waals surface area (Å²) in [5.41, 5.74) is 2.12. The van der Waals surface area contributed by atoms with Crippen LogP contribution in [0.4, 0.5) is 5.69 Å².